The third-order valence-corrected chi connectivity index (χ3v) is 3.49. The lowest BCUT2D eigenvalue weighted by Crippen LogP contribution is -2.45. The normalized spacial score (nSPS) is 13.8. The van der Waals surface area contributed by atoms with Crippen molar-refractivity contribution in [3.63, 3.8) is 0 Å². The molecule has 0 saturated heterocycles. The Hall–Kier alpha value is -2.87. The summed E-state index contributed by atoms with van der Waals surface area (Å²) in [6.07, 6.45) is -6.40. The minimum absolute atomic E-state index is 0.208. The maximum absolute atomic E-state index is 13.0. The van der Waals surface area contributed by atoms with E-state index in [9.17, 15) is 33.0 Å². The predicted molar refractivity (Wildman–Crippen MR) is 81.7 cm³/mol. The van der Waals surface area contributed by atoms with Crippen LogP contribution in [-0.2, 0) is 11.0 Å². The molecule has 5 nitrogen and oxygen atoms in total. The summed E-state index contributed by atoms with van der Waals surface area (Å²) in [7, 11) is 0. The molecular weight excluding hydrogens is 339 g/mol. The molecule has 0 radical (unpaired) electrons. The molecule has 0 aromatic heterocycles. The highest BCUT2D eigenvalue weighted by atomic mass is 19.4. The van der Waals surface area contributed by atoms with Gasteiger partial charge in [0.2, 0.25) is 0 Å². The number of rotatable bonds is 5. The van der Waals surface area contributed by atoms with E-state index in [0.29, 0.717) is 0 Å². The Bertz CT molecular complexity index is 762. The first-order valence-electron chi connectivity index (χ1n) is 7.14. The molecule has 0 fully saturated rings. The number of aliphatic carboxylic acids is 1. The SMILES string of the molecule is O=C(NC(C(=O)O)C(O)c1ccccc1)c1ccccc1C(F)(F)F. The fraction of sp³-hybridized carbons (Fsp3) is 0.176. The van der Waals surface area contributed by atoms with Gasteiger partial charge in [-0.25, -0.2) is 4.79 Å². The van der Waals surface area contributed by atoms with E-state index in [2.05, 4.69) is 0 Å². The van der Waals surface area contributed by atoms with Gasteiger partial charge in [0.1, 0.15) is 6.10 Å². The summed E-state index contributed by atoms with van der Waals surface area (Å²) in [5, 5.41) is 21.3. The summed E-state index contributed by atoms with van der Waals surface area (Å²) in [6.45, 7) is 0. The molecule has 2 aromatic carbocycles. The molecule has 2 atom stereocenters. The minimum atomic E-state index is -4.77. The number of nitrogens with one attached hydrogen (secondary N) is 1. The number of hydrogen-bond donors (Lipinski definition) is 3. The number of hydrogen-bond acceptors (Lipinski definition) is 3. The molecule has 2 rings (SSSR count). The third-order valence-electron chi connectivity index (χ3n) is 3.49. The number of benzene rings is 2. The van der Waals surface area contributed by atoms with E-state index in [1.54, 1.807) is 18.2 Å². The first-order chi connectivity index (χ1) is 11.7. The molecule has 0 aliphatic heterocycles. The molecule has 2 aromatic rings. The second-order valence-corrected chi connectivity index (χ2v) is 5.19. The van der Waals surface area contributed by atoms with Gasteiger partial charge in [-0.05, 0) is 17.7 Å². The molecule has 0 aliphatic rings. The van der Waals surface area contributed by atoms with Crippen molar-refractivity contribution in [1.29, 1.82) is 0 Å². The maximum Gasteiger partial charge on any atom is 0.417 e. The van der Waals surface area contributed by atoms with Crippen LogP contribution in [0.1, 0.15) is 27.6 Å². The highest BCUT2D eigenvalue weighted by Crippen LogP contribution is 2.32. The number of carboxylic acids is 1. The van der Waals surface area contributed by atoms with Gasteiger partial charge in [-0.1, -0.05) is 42.5 Å². The summed E-state index contributed by atoms with van der Waals surface area (Å²) in [6, 6.07) is 9.83. The van der Waals surface area contributed by atoms with Gasteiger partial charge in [-0.15, -0.1) is 0 Å². The van der Waals surface area contributed by atoms with Crippen molar-refractivity contribution in [1.82, 2.24) is 5.32 Å². The Morgan fingerprint density at radius 2 is 1.52 bits per heavy atom. The minimum Gasteiger partial charge on any atom is -0.480 e. The summed E-state index contributed by atoms with van der Waals surface area (Å²) in [5.41, 5.74) is -1.70. The Kier molecular flexibility index (Phi) is 5.43. The number of aliphatic hydroxyl groups is 1. The zero-order valence-corrected chi connectivity index (χ0v) is 12.7. The van der Waals surface area contributed by atoms with Crippen LogP contribution in [0.15, 0.2) is 54.6 Å². The Labute approximate surface area is 140 Å². The molecular formula is C17H14F3NO4. The Balaban J connectivity index is 2.30. The molecule has 1 amide bonds. The maximum atomic E-state index is 13.0. The summed E-state index contributed by atoms with van der Waals surface area (Å²) < 4.78 is 38.9. The van der Waals surface area contributed by atoms with Crippen molar-refractivity contribution in [2.24, 2.45) is 0 Å². The predicted octanol–water partition coefficient (Wildman–Crippen LogP) is 2.62. The average molecular weight is 353 g/mol. The summed E-state index contributed by atoms with van der Waals surface area (Å²) in [5.74, 6) is -2.82. The zero-order chi connectivity index (χ0) is 18.6. The zero-order valence-electron chi connectivity index (χ0n) is 12.7. The largest absolute Gasteiger partial charge is 0.480 e. The first kappa shape index (κ1) is 18.5. The van der Waals surface area contributed by atoms with E-state index < -0.39 is 41.3 Å². The van der Waals surface area contributed by atoms with Crippen molar-refractivity contribution < 1.29 is 33.0 Å². The van der Waals surface area contributed by atoms with E-state index in [1.165, 1.54) is 18.2 Å². The fourth-order valence-electron chi connectivity index (χ4n) is 2.27. The fourth-order valence-corrected chi connectivity index (χ4v) is 2.27. The summed E-state index contributed by atoms with van der Waals surface area (Å²) in [4.78, 5) is 23.5. The topological polar surface area (TPSA) is 86.6 Å². The van der Waals surface area contributed by atoms with Crippen molar-refractivity contribution in [2.45, 2.75) is 18.3 Å². The van der Waals surface area contributed by atoms with Crippen LogP contribution in [0.2, 0.25) is 0 Å². The Morgan fingerprint density at radius 3 is 2.08 bits per heavy atom. The van der Waals surface area contributed by atoms with E-state index in [-0.39, 0.29) is 5.56 Å². The highest BCUT2D eigenvalue weighted by Gasteiger charge is 2.36. The van der Waals surface area contributed by atoms with Crippen molar-refractivity contribution in [2.75, 3.05) is 0 Å². The van der Waals surface area contributed by atoms with Crippen LogP contribution in [0.25, 0.3) is 0 Å². The summed E-state index contributed by atoms with van der Waals surface area (Å²) >= 11 is 0. The van der Waals surface area contributed by atoms with E-state index in [1.807, 2.05) is 5.32 Å². The standard InChI is InChI=1S/C17H14F3NO4/c18-17(19,20)12-9-5-4-8-11(12)15(23)21-13(16(24)25)14(22)10-6-2-1-3-7-10/h1-9,13-14,22H,(H,21,23)(H,24,25). The van der Waals surface area contributed by atoms with Crippen LogP contribution < -0.4 is 5.32 Å². The smallest absolute Gasteiger partial charge is 0.417 e. The van der Waals surface area contributed by atoms with E-state index >= 15 is 0 Å². The lowest BCUT2D eigenvalue weighted by atomic mass is 10.0. The van der Waals surface area contributed by atoms with Gasteiger partial charge in [0, 0.05) is 0 Å². The van der Waals surface area contributed by atoms with Crippen molar-refractivity contribution in [3.8, 4) is 0 Å². The number of carbonyl (C=O) groups excluding carboxylic acids is 1. The number of carboxylic acid groups (broad SMARTS) is 1. The van der Waals surface area contributed by atoms with Crippen LogP contribution in [-0.4, -0.2) is 28.1 Å². The monoisotopic (exact) mass is 353 g/mol. The van der Waals surface area contributed by atoms with E-state index in [4.69, 9.17) is 0 Å². The van der Waals surface area contributed by atoms with E-state index in [0.717, 1.165) is 18.2 Å². The van der Waals surface area contributed by atoms with Gasteiger partial charge in [-0.2, -0.15) is 13.2 Å². The van der Waals surface area contributed by atoms with Crippen molar-refractivity contribution in [3.05, 3.63) is 71.3 Å². The molecule has 0 bridgehead atoms. The first-order valence-corrected chi connectivity index (χ1v) is 7.14. The van der Waals surface area contributed by atoms with Gasteiger partial charge < -0.3 is 15.5 Å². The van der Waals surface area contributed by atoms with Crippen LogP contribution in [0.4, 0.5) is 13.2 Å². The lowest BCUT2D eigenvalue weighted by molar-refractivity contribution is -0.142. The second kappa shape index (κ2) is 7.35. The number of aliphatic hydroxyl groups excluding tert-OH is 1. The molecule has 0 saturated carbocycles. The molecule has 0 spiro atoms. The Morgan fingerprint density at radius 1 is 0.960 bits per heavy atom. The molecule has 0 heterocycles. The quantitative estimate of drug-likeness (QED) is 0.771. The third kappa shape index (κ3) is 4.36. The molecule has 2 unspecified atom stereocenters. The van der Waals surface area contributed by atoms with Gasteiger partial charge >= 0.3 is 12.1 Å². The second-order valence-electron chi connectivity index (χ2n) is 5.19. The molecule has 25 heavy (non-hydrogen) atoms. The van der Waals surface area contributed by atoms with Crippen LogP contribution in [0.3, 0.4) is 0 Å². The molecule has 132 valence electrons. The highest BCUT2D eigenvalue weighted by molar-refractivity contribution is 5.98. The van der Waals surface area contributed by atoms with Gasteiger partial charge in [0.05, 0.1) is 11.1 Å². The van der Waals surface area contributed by atoms with Gasteiger partial charge in [-0.3, -0.25) is 4.79 Å². The van der Waals surface area contributed by atoms with Crippen LogP contribution in [0.5, 0.6) is 0 Å². The molecule has 8 heteroatoms. The number of carbonyl (C=O) groups is 2. The van der Waals surface area contributed by atoms with Crippen LogP contribution in [0, 0.1) is 0 Å². The number of alkyl halides is 3. The average Bonchev–Trinajstić information content (AvgIpc) is 2.58. The number of halogens is 3. The van der Waals surface area contributed by atoms with Crippen LogP contribution >= 0.6 is 0 Å². The van der Waals surface area contributed by atoms with Crippen molar-refractivity contribution >= 4 is 11.9 Å². The van der Waals surface area contributed by atoms with Gasteiger partial charge in [0.15, 0.2) is 6.04 Å². The van der Waals surface area contributed by atoms with Gasteiger partial charge in [0.25, 0.3) is 5.91 Å². The molecule has 0 aliphatic carbocycles. The number of amides is 1. The lowest BCUT2D eigenvalue weighted by Gasteiger charge is -2.21. The molecule has 3 N–H and O–H groups in total.